The van der Waals surface area contributed by atoms with E-state index in [9.17, 15) is 4.79 Å². The Kier molecular flexibility index (Phi) is 12.8. The number of benzene rings is 3. The van der Waals surface area contributed by atoms with Crippen LogP contribution < -0.4 is 9.47 Å². The van der Waals surface area contributed by atoms with Crippen LogP contribution in [0.3, 0.4) is 0 Å². The van der Waals surface area contributed by atoms with Crippen molar-refractivity contribution in [3.05, 3.63) is 120 Å². The molecule has 0 aromatic heterocycles. The summed E-state index contributed by atoms with van der Waals surface area (Å²) in [5.41, 5.74) is 2.69. The summed E-state index contributed by atoms with van der Waals surface area (Å²) >= 11 is 0. The first kappa shape index (κ1) is 34.0. The van der Waals surface area contributed by atoms with Crippen LogP contribution in [0.4, 0.5) is 0 Å². The average molecular weight is 615 g/mol. The van der Waals surface area contributed by atoms with E-state index < -0.39 is 5.41 Å². The maximum atomic E-state index is 12.9. The third kappa shape index (κ3) is 10.9. The van der Waals surface area contributed by atoms with Crippen molar-refractivity contribution < 1.29 is 33.2 Å². The summed E-state index contributed by atoms with van der Waals surface area (Å²) in [6.45, 7) is 7.91. The van der Waals surface area contributed by atoms with Gasteiger partial charge < -0.3 is 28.4 Å². The van der Waals surface area contributed by atoms with Crippen LogP contribution in [0.2, 0.25) is 0 Å². The Morgan fingerprint density at radius 1 is 0.822 bits per heavy atom. The summed E-state index contributed by atoms with van der Waals surface area (Å²) in [6.07, 6.45) is 5.59. The molecule has 2 unspecified atom stereocenters. The topological polar surface area (TPSA) is 72.5 Å². The number of ketones is 1. The van der Waals surface area contributed by atoms with Gasteiger partial charge in [0.25, 0.3) is 0 Å². The highest BCUT2D eigenvalue weighted by atomic mass is 16.5. The SMILES string of the molecule is COc1ccc(COCC=CC(C)(C)C2=CC(=O)C[C@@H](CC(OCc3ccc(OC)cc3)C(C)OCc3ccccc3)O2)cc1. The zero-order valence-corrected chi connectivity index (χ0v) is 27.1. The molecule has 0 amide bonds. The van der Waals surface area contributed by atoms with Gasteiger partial charge in [-0.25, -0.2) is 0 Å². The number of carbonyl (C=O) groups excluding carboxylic acids is 1. The summed E-state index contributed by atoms with van der Waals surface area (Å²) in [5, 5.41) is 0. The van der Waals surface area contributed by atoms with Crippen LogP contribution in [0, 0.1) is 5.41 Å². The van der Waals surface area contributed by atoms with E-state index in [0.29, 0.717) is 45.0 Å². The molecule has 240 valence electrons. The minimum atomic E-state index is -0.493. The standard InChI is InChI=1S/C38H46O7/c1-28(43-26-29-10-7-6-8-11-29)36(44-27-31-14-18-34(41-5)19-15-31)24-35-22-32(39)23-37(45-35)38(2,3)20-9-21-42-25-30-12-16-33(40-4)17-13-30/h6-20,23,28,35-36H,21-22,24-27H2,1-5H3/t28?,35-,36?/m0/s1. The second-order valence-electron chi connectivity index (χ2n) is 11.8. The summed E-state index contributed by atoms with van der Waals surface area (Å²) in [4.78, 5) is 12.9. The Hall–Kier alpha value is -3.91. The Labute approximate surface area is 267 Å². The second-order valence-corrected chi connectivity index (χ2v) is 11.8. The number of methoxy groups -OCH3 is 2. The van der Waals surface area contributed by atoms with Gasteiger partial charge in [0.1, 0.15) is 23.4 Å². The van der Waals surface area contributed by atoms with Crippen molar-refractivity contribution in [3.63, 3.8) is 0 Å². The zero-order chi connectivity index (χ0) is 32.1. The van der Waals surface area contributed by atoms with E-state index in [-0.39, 0.29) is 24.1 Å². The fourth-order valence-electron chi connectivity index (χ4n) is 5.03. The number of hydrogen-bond acceptors (Lipinski definition) is 7. The third-order valence-corrected chi connectivity index (χ3v) is 7.82. The lowest BCUT2D eigenvalue weighted by atomic mass is 9.87. The Bertz CT molecular complexity index is 1380. The highest BCUT2D eigenvalue weighted by Gasteiger charge is 2.33. The van der Waals surface area contributed by atoms with Gasteiger partial charge in [-0.05, 0) is 61.7 Å². The summed E-state index contributed by atoms with van der Waals surface area (Å²) in [5.74, 6) is 2.30. The molecule has 3 aromatic carbocycles. The molecule has 7 heteroatoms. The Balaban J connectivity index is 1.36. The van der Waals surface area contributed by atoms with E-state index in [4.69, 9.17) is 28.4 Å². The van der Waals surface area contributed by atoms with E-state index in [1.165, 1.54) is 0 Å². The highest BCUT2D eigenvalue weighted by Crippen LogP contribution is 2.35. The Morgan fingerprint density at radius 3 is 2.02 bits per heavy atom. The molecule has 1 heterocycles. The van der Waals surface area contributed by atoms with Crippen molar-refractivity contribution >= 4 is 5.78 Å². The van der Waals surface area contributed by atoms with Crippen LogP contribution in [0.25, 0.3) is 0 Å². The Morgan fingerprint density at radius 2 is 1.40 bits per heavy atom. The molecule has 0 radical (unpaired) electrons. The van der Waals surface area contributed by atoms with Gasteiger partial charge in [0, 0.05) is 24.3 Å². The number of ether oxygens (including phenoxy) is 6. The van der Waals surface area contributed by atoms with Crippen molar-refractivity contribution in [3.8, 4) is 11.5 Å². The minimum Gasteiger partial charge on any atom is -0.497 e. The molecule has 3 aromatic rings. The third-order valence-electron chi connectivity index (χ3n) is 7.82. The summed E-state index contributed by atoms with van der Waals surface area (Å²) < 4.78 is 35.5. The van der Waals surface area contributed by atoms with Crippen molar-refractivity contribution in [1.29, 1.82) is 0 Å². The predicted octanol–water partition coefficient (Wildman–Crippen LogP) is 7.63. The van der Waals surface area contributed by atoms with Gasteiger partial charge in [0.05, 0.1) is 52.9 Å². The normalized spacial score (nSPS) is 16.6. The van der Waals surface area contributed by atoms with Gasteiger partial charge in [-0.3, -0.25) is 4.79 Å². The van der Waals surface area contributed by atoms with Crippen molar-refractivity contribution in [2.45, 2.75) is 71.7 Å². The van der Waals surface area contributed by atoms with Crippen LogP contribution >= 0.6 is 0 Å². The van der Waals surface area contributed by atoms with E-state index in [1.807, 2.05) is 112 Å². The van der Waals surface area contributed by atoms with Crippen LogP contribution in [-0.4, -0.2) is 44.9 Å². The first-order valence-electron chi connectivity index (χ1n) is 15.5. The first-order valence-corrected chi connectivity index (χ1v) is 15.5. The van der Waals surface area contributed by atoms with Crippen molar-refractivity contribution in [2.24, 2.45) is 5.41 Å². The number of rotatable bonds is 17. The monoisotopic (exact) mass is 614 g/mol. The highest BCUT2D eigenvalue weighted by molar-refractivity contribution is 5.91. The van der Waals surface area contributed by atoms with E-state index in [1.54, 1.807) is 20.3 Å². The lowest BCUT2D eigenvalue weighted by molar-refractivity contribution is -0.123. The van der Waals surface area contributed by atoms with Crippen LogP contribution in [0.5, 0.6) is 11.5 Å². The maximum Gasteiger partial charge on any atom is 0.162 e. The fraction of sp³-hybridized carbons (Fsp3) is 0.395. The number of allylic oxidation sites excluding steroid dienone is 2. The summed E-state index contributed by atoms with van der Waals surface area (Å²) in [7, 11) is 3.30. The lowest BCUT2D eigenvalue weighted by Crippen LogP contribution is -2.36. The van der Waals surface area contributed by atoms with Gasteiger partial charge in [-0.1, -0.05) is 66.7 Å². The van der Waals surface area contributed by atoms with Gasteiger partial charge >= 0.3 is 0 Å². The number of hydrogen-bond donors (Lipinski definition) is 0. The van der Waals surface area contributed by atoms with Gasteiger partial charge in [0.2, 0.25) is 0 Å². The molecule has 0 bridgehead atoms. The quantitative estimate of drug-likeness (QED) is 0.114. The molecule has 45 heavy (non-hydrogen) atoms. The van der Waals surface area contributed by atoms with Crippen LogP contribution in [0.1, 0.15) is 50.3 Å². The molecule has 1 aliphatic rings. The lowest BCUT2D eigenvalue weighted by Gasteiger charge is -2.34. The van der Waals surface area contributed by atoms with Gasteiger partial charge in [-0.2, -0.15) is 0 Å². The molecule has 0 fully saturated rings. The van der Waals surface area contributed by atoms with E-state index in [0.717, 1.165) is 28.2 Å². The molecule has 4 rings (SSSR count). The average Bonchev–Trinajstić information content (AvgIpc) is 3.06. The van der Waals surface area contributed by atoms with Crippen LogP contribution in [-0.2, 0) is 43.6 Å². The van der Waals surface area contributed by atoms with Crippen molar-refractivity contribution in [1.82, 2.24) is 0 Å². The van der Waals surface area contributed by atoms with Gasteiger partial charge in [-0.15, -0.1) is 0 Å². The van der Waals surface area contributed by atoms with Crippen molar-refractivity contribution in [2.75, 3.05) is 20.8 Å². The predicted molar refractivity (Wildman–Crippen MR) is 175 cm³/mol. The van der Waals surface area contributed by atoms with E-state index >= 15 is 0 Å². The molecule has 3 atom stereocenters. The van der Waals surface area contributed by atoms with Gasteiger partial charge in [0.15, 0.2) is 5.78 Å². The zero-order valence-electron chi connectivity index (χ0n) is 27.1. The smallest absolute Gasteiger partial charge is 0.162 e. The van der Waals surface area contributed by atoms with E-state index in [2.05, 4.69) is 0 Å². The molecule has 0 saturated carbocycles. The molecule has 0 aliphatic carbocycles. The summed E-state index contributed by atoms with van der Waals surface area (Å²) in [6, 6.07) is 25.7. The molecular formula is C38H46O7. The largest absolute Gasteiger partial charge is 0.497 e. The maximum absolute atomic E-state index is 12.9. The molecular weight excluding hydrogens is 568 g/mol. The molecule has 7 nitrogen and oxygen atoms in total. The fourth-order valence-corrected chi connectivity index (χ4v) is 5.03. The molecule has 0 spiro atoms. The minimum absolute atomic E-state index is 0.0465. The van der Waals surface area contributed by atoms with Crippen LogP contribution in [0.15, 0.2) is 103 Å². The molecule has 0 saturated heterocycles. The second kappa shape index (κ2) is 17.0. The molecule has 0 N–H and O–H groups in total. The molecule has 1 aliphatic heterocycles. The first-order chi connectivity index (χ1) is 21.8. The number of carbonyl (C=O) groups is 1.